The average molecular weight is 246 g/mol. The van der Waals surface area contributed by atoms with Crippen LogP contribution in [0.5, 0.6) is 0 Å². The third kappa shape index (κ3) is 2.84. The van der Waals surface area contributed by atoms with E-state index in [-0.39, 0.29) is 5.91 Å². The van der Waals surface area contributed by atoms with Crippen molar-refractivity contribution in [1.29, 1.82) is 0 Å². The Bertz CT molecular complexity index is 411. The number of carbonyl (C=O) groups is 1. The fourth-order valence-electron chi connectivity index (χ4n) is 2.52. The second-order valence-corrected chi connectivity index (χ2v) is 4.89. The number of carbonyl (C=O) groups excluding carboxylic acids is 1. The lowest BCUT2D eigenvalue weighted by molar-refractivity contribution is -0.128. The number of anilines is 1. The Morgan fingerprint density at radius 2 is 1.94 bits per heavy atom. The molecule has 1 amide bonds. The highest BCUT2D eigenvalue weighted by molar-refractivity contribution is 5.82. The van der Waals surface area contributed by atoms with E-state index in [0.29, 0.717) is 6.54 Å². The molecule has 0 bridgehead atoms. The third-order valence-electron chi connectivity index (χ3n) is 3.62. The SMILES string of the molecule is CCN(CC(=O)N1CCCC1)c1ccccc1C. The molecule has 2 rings (SSSR count). The number of benzene rings is 1. The minimum atomic E-state index is 0.262. The molecule has 0 unspecified atom stereocenters. The number of hydrogen-bond donors (Lipinski definition) is 0. The van der Waals surface area contributed by atoms with Crippen molar-refractivity contribution in [2.75, 3.05) is 31.1 Å². The molecule has 0 atom stereocenters. The second kappa shape index (κ2) is 5.89. The first-order valence-electron chi connectivity index (χ1n) is 6.80. The standard InChI is InChI=1S/C15H22N2O/c1-3-16(14-9-5-4-8-13(14)2)12-15(18)17-10-6-7-11-17/h4-5,8-9H,3,6-7,10-12H2,1-2H3. The maximum atomic E-state index is 12.2. The second-order valence-electron chi connectivity index (χ2n) is 4.89. The molecule has 0 saturated carbocycles. The van der Waals surface area contributed by atoms with E-state index in [1.54, 1.807) is 0 Å². The molecule has 98 valence electrons. The molecular weight excluding hydrogens is 224 g/mol. The van der Waals surface area contributed by atoms with Gasteiger partial charge < -0.3 is 9.80 Å². The molecular formula is C15H22N2O. The summed E-state index contributed by atoms with van der Waals surface area (Å²) < 4.78 is 0. The van der Waals surface area contributed by atoms with Crippen LogP contribution in [0, 0.1) is 6.92 Å². The van der Waals surface area contributed by atoms with Gasteiger partial charge in [-0.15, -0.1) is 0 Å². The number of nitrogens with zero attached hydrogens (tertiary/aromatic N) is 2. The van der Waals surface area contributed by atoms with Gasteiger partial charge in [0.25, 0.3) is 0 Å². The molecule has 0 spiro atoms. The smallest absolute Gasteiger partial charge is 0.242 e. The first kappa shape index (κ1) is 12.9. The summed E-state index contributed by atoms with van der Waals surface area (Å²) >= 11 is 0. The molecule has 1 aliphatic rings. The lowest BCUT2D eigenvalue weighted by atomic mass is 10.2. The summed E-state index contributed by atoms with van der Waals surface area (Å²) in [4.78, 5) is 16.3. The minimum Gasteiger partial charge on any atom is -0.362 e. The van der Waals surface area contributed by atoms with Crippen molar-refractivity contribution in [2.45, 2.75) is 26.7 Å². The van der Waals surface area contributed by atoms with Gasteiger partial charge in [0.05, 0.1) is 6.54 Å². The van der Waals surface area contributed by atoms with E-state index in [2.05, 4.69) is 30.9 Å². The topological polar surface area (TPSA) is 23.6 Å². The van der Waals surface area contributed by atoms with Gasteiger partial charge in [-0.3, -0.25) is 4.79 Å². The summed E-state index contributed by atoms with van der Waals surface area (Å²) in [6.07, 6.45) is 2.31. The number of likely N-dealkylation sites (tertiary alicyclic amines) is 1. The van der Waals surface area contributed by atoms with Crippen molar-refractivity contribution in [3.8, 4) is 0 Å². The fourth-order valence-corrected chi connectivity index (χ4v) is 2.52. The fraction of sp³-hybridized carbons (Fsp3) is 0.533. The summed E-state index contributed by atoms with van der Waals surface area (Å²) in [5.41, 5.74) is 2.40. The van der Waals surface area contributed by atoms with Crippen molar-refractivity contribution in [2.24, 2.45) is 0 Å². The van der Waals surface area contributed by atoms with E-state index >= 15 is 0 Å². The van der Waals surface area contributed by atoms with Crippen LogP contribution in [0.3, 0.4) is 0 Å². The van der Waals surface area contributed by atoms with Gasteiger partial charge in [0.2, 0.25) is 5.91 Å². The number of para-hydroxylation sites is 1. The molecule has 1 fully saturated rings. The van der Waals surface area contributed by atoms with E-state index in [4.69, 9.17) is 0 Å². The molecule has 1 aromatic carbocycles. The molecule has 1 heterocycles. The normalized spacial score (nSPS) is 14.9. The van der Waals surface area contributed by atoms with Crippen LogP contribution in [-0.4, -0.2) is 37.0 Å². The molecule has 3 nitrogen and oxygen atoms in total. The van der Waals surface area contributed by atoms with Gasteiger partial charge in [-0.25, -0.2) is 0 Å². The predicted molar refractivity (Wildman–Crippen MR) is 74.9 cm³/mol. The largest absolute Gasteiger partial charge is 0.362 e. The lowest BCUT2D eigenvalue weighted by Gasteiger charge is -2.26. The van der Waals surface area contributed by atoms with Gasteiger partial charge in [-0.1, -0.05) is 18.2 Å². The zero-order valence-electron chi connectivity index (χ0n) is 11.4. The Labute approximate surface area is 109 Å². The molecule has 3 heteroatoms. The van der Waals surface area contributed by atoms with Crippen molar-refractivity contribution in [1.82, 2.24) is 4.90 Å². The number of likely N-dealkylation sites (N-methyl/N-ethyl adjacent to an activating group) is 1. The van der Waals surface area contributed by atoms with Crippen LogP contribution in [0.25, 0.3) is 0 Å². The average Bonchev–Trinajstić information content (AvgIpc) is 2.90. The number of amides is 1. The maximum Gasteiger partial charge on any atom is 0.242 e. The Kier molecular flexibility index (Phi) is 4.24. The summed E-state index contributed by atoms with van der Waals surface area (Å²) in [7, 11) is 0. The van der Waals surface area contributed by atoms with Gasteiger partial charge in [0.15, 0.2) is 0 Å². The van der Waals surface area contributed by atoms with Gasteiger partial charge in [-0.05, 0) is 38.3 Å². The van der Waals surface area contributed by atoms with Gasteiger partial charge in [0.1, 0.15) is 0 Å². The van der Waals surface area contributed by atoms with Gasteiger partial charge in [0, 0.05) is 25.3 Å². The molecule has 1 aromatic rings. The summed E-state index contributed by atoms with van der Waals surface area (Å²) in [5, 5.41) is 0. The molecule has 0 N–H and O–H groups in total. The zero-order valence-corrected chi connectivity index (χ0v) is 11.4. The quantitative estimate of drug-likeness (QED) is 0.814. The van der Waals surface area contributed by atoms with Crippen LogP contribution in [0.1, 0.15) is 25.3 Å². The molecule has 1 saturated heterocycles. The van der Waals surface area contributed by atoms with Gasteiger partial charge in [-0.2, -0.15) is 0 Å². The van der Waals surface area contributed by atoms with E-state index in [9.17, 15) is 4.79 Å². The molecule has 0 aromatic heterocycles. The maximum absolute atomic E-state index is 12.2. The van der Waals surface area contributed by atoms with Gasteiger partial charge >= 0.3 is 0 Å². The van der Waals surface area contributed by atoms with E-state index in [1.165, 1.54) is 11.3 Å². The van der Waals surface area contributed by atoms with E-state index in [0.717, 1.165) is 32.5 Å². The molecule has 0 radical (unpaired) electrons. The highest BCUT2D eigenvalue weighted by Gasteiger charge is 2.20. The highest BCUT2D eigenvalue weighted by Crippen LogP contribution is 2.19. The van der Waals surface area contributed by atoms with Crippen molar-refractivity contribution < 1.29 is 4.79 Å². The van der Waals surface area contributed by atoms with Crippen LogP contribution >= 0.6 is 0 Å². The van der Waals surface area contributed by atoms with E-state index in [1.807, 2.05) is 17.0 Å². The minimum absolute atomic E-state index is 0.262. The lowest BCUT2D eigenvalue weighted by Crippen LogP contribution is -2.39. The van der Waals surface area contributed by atoms with Crippen LogP contribution in [0.4, 0.5) is 5.69 Å². The number of aryl methyl sites for hydroxylation is 1. The number of rotatable bonds is 4. The summed E-state index contributed by atoms with van der Waals surface area (Å²) in [6.45, 7) is 7.43. The van der Waals surface area contributed by atoms with Crippen molar-refractivity contribution >= 4 is 11.6 Å². The first-order valence-corrected chi connectivity index (χ1v) is 6.80. The van der Waals surface area contributed by atoms with Crippen LogP contribution in [0.2, 0.25) is 0 Å². The molecule has 1 aliphatic heterocycles. The monoisotopic (exact) mass is 246 g/mol. The van der Waals surface area contributed by atoms with Crippen LogP contribution in [0.15, 0.2) is 24.3 Å². The highest BCUT2D eigenvalue weighted by atomic mass is 16.2. The Morgan fingerprint density at radius 3 is 2.56 bits per heavy atom. The molecule has 18 heavy (non-hydrogen) atoms. The van der Waals surface area contributed by atoms with Crippen LogP contribution in [-0.2, 0) is 4.79 Å². The number of hydrogen-bond acceptors (Lipinski definition) is 2. The predicted octanol–water partition coefficient (Wildman–Crippen LogP) is 2.44. The Morgan fingerprint density at radius 1 is 1.28 bits per heavy atom. The zero-order chi connectivity index (χ0) is 13.0. The Hall–Kier alpha value is -1.51. The van der Waals surface area contributed by atoms with E-state index < -0.39 is 0 Å². The third-order valence-corrected chi connectivity index (χ3v) is 3.62. The van der Waals surface area contributed by atoms with Crippen LogP contribution < -0.4 is 4.90 Å². The first-order chi connectivity index (χ1) is 8.72. The van der Waals surface area contributed by atoms with Crippen molar-refractivity contribution in [3.63, 3.8) is 0 Å². The summed E-state index contributed by atoms with van der Waals surface area (Å²) in [5.74, 6) is 0.262. The van der Waals surface area contributed by atoms with Crippen molar-refractivity contribution in [3.05, 3.63) is 29.8 Å². The Balaban J connectivity index is 2.05. The summed E-state index contributed by atoms with van der Waals surface area (Å²) in [6, 6.07) is 8.26. The molecule has 0 aliphatic carbocycles.